The number of hydrogen-bond acceptors (Lipinski definition) is 3. The quantitative estimate of drug-likeness (QED) is 0.456. The van der Waals surface area contributed by atoms with E-state index in [0.29, 0.717) is 6.61 Å². The molecule has 0 aromatic heterocycles. The van der Waals surface area contributed by atoms with Gasteiger partial charge in [0.05, 0.1) is 0 Å². The molecule has 0 heterocycles. The number of rotatable bonds is 11. The molecule has 0 fully saturated rings. The van der Waals surface area contributed by atoms with Crippen LogP contribution < -0.4 is 0 Å². The molecule has 0 amide bonds. The van der Waals surface area contributed by atoms with E-state index in [-0.39, 0.29) is 5.41 Å². The van der Waals surface area contributed by atoms with Crippen LogP contribution in [0.15, 0.2) is 29.3 Å². The Hall–Kier alpha value is -0.540. The average Bonchev–Trinajstić information content (AvgIpc) is 2.45. The third-order valence-corrected chi connectivity index (χ3v) is 4.60. The molecule has 20 heavy (non-hydrogen) atoms. The van der Waals surface area contributed by atoms with Gasteiger partial charge in [0.15, 0.2) is 0 Å². The summed E-state index contributed by atoms with van der Waals surface area (Å²) in [5, 5.41) is 8.67. The highest BCUT2D eigenvalue weighted by Crippen LogP contribution is 2.24. The van der Waals surface area contributed by atoms with Crippen LogP contribution >= 0.6 is 11.8 Å². The summed E-state index contributed by atoms with van der Waals surface area (Å²) in [6.07, 6.45) is 17.7. The highest BCUT2D eigenvalue weighted by atomic mass is 32.2. The third-order valence-electron chi connectivity index (χ3n) is 3.44. The van der Waals surface area contributed by atoms with Crippen LogP contribution in [0.1, 0.15) is 45.4 Å². The topological polar surface area (TPSA) is 32.6 Å². The van der Waals surface area contributed by atoms with Gasteiger partial charge in [0, 0.05) is 24.8 Å². The summed E-state index contributed by atoms with van der Waals surface area (Å²) >= 11 is 2.01. The number of aliphatic hydroxyl groups is 1. The van der Waals surface area contributed by atoms with Crippen LogP contribution in [0.2, 0.25) is 0 Å². The maximum absolute atomic E-state index is 8.67. The van der Waals surface area contributed by atoms with Crippen LogP contribution in [0.5, 0.6) is 0 Å². The largest absolute Gasteiger partial charge is 0.396 e. The molecule has 1 aliphatic carbocycles. The van der Waals surface area contributed by atoms with Crippen molar-refractivity contribution in [1.29, 1.82) is 0 Å². The predicted octanol–water partition coefficient (Wildman–Crippen LogP) is 4.26. The Labute approximate surface area is 128 Å². The van der Waals surface area contributed by atoms with Crippen molar-refractivity contribution < 1.29 is 5.11 Å². The maximum atomic E-state index is 8.67. The number of nitrogens with zero attached hydrogens (tertiary/aromatic N) is 1. The lowest BCUT2D eigenvalue weighted by molar-refractivity contribution is 0.287. The molecule has 1 rings (SSSR count). The van der Waals surface area contributed by atoms with E-state index in [2.05, 4.69) is 42.4 Å². The SMILES string of the molecule is CC1(C=NCCCCCSCCCCO)C=CC=CC1. The Bertz CT molecular complexity index is 325. The molecule has 0 aromatic carbocycles. The van der Waals surface area contributed by atoms with Gasteiger partial charge in [0.1, 0.15) is 0 Å². The molecule has 1 unspecified atom stereocenters. The lowest BCUT2D eigenvalue weighted by Gasteiger charge is -2.20. The Morgan fingerprint density at radius 3 is 2.65 bits per heavy atom. The minimum Gasteiger partial charge on any atom is -0.396 e. The molecule has 1 N–H and O–H groups in total. The lowest BCUT2D eigenvalue weighted by Crippen LogP contribution is -2.15. The maximum Gasteiger partial charge on any atom is 0.0431 e. The molecule has 0 spiro atoms. The van der Waals surface area contributed by atoms with Crippen molar-refractivity contribution in [2.24, 2.45) is 10.4 Å². The minimum absolute atomic E-state index is 0.136. The standard InChI is InChI=1S/C17H29NOS/c1-17(10-4-2-5-11-17)16-18-12-6-3-8-14-20-15-9-7-13-19/h2,4-5,10,16,19H,3,6-9,11-15H2,1H3. The zero-order valence-electron chi connectivity index (χ0n) is 12.8. The molecule has 0 saturated heterocycles. The van der Waals surface area contributed by atoms with Crippen molar-refractivity contribution in [1.82, 2.24) is 0 Å². The number of thioether (sulfide) groups is 1. The van der Waals surface area contributed by atoms with Gasteiger partial charge in [0.25, 0.3) is 0 Å². The molecule has 0 bridgehead atoms. The van der Waals surface area contributed by atoms with Gasteiger partial charge in [-0.25, -0.2) is 0 Å². The van der Waals surface area contributed by atoms with E-state index in [4.69, 9.17) is 5.11 Å². The van der Waals surface area contributed by atoms with Crippen molar-refractivity contribution in [2.75, 3.05) is 24.7 Å². The molecule has 0 saturated carbocycles. The summed E-state index contributed by atoms with van der Waals surface area (Å²) in [4.78, 5) is 4.58. The van der Waals surface area contributed by atoms with Crippen LogP contribution in [0.4, 0.5) is 0 Å². The fourth-order valence-electron chi connectivity index (χ4n) is 2.11. The monoisotopic (exact) mass is 295 g/mol. The molecule has 0 aromatic rings. The summed E-state index contributed by atoms with van der Waals surface area (Å²) in [7, 11) is 0. The van der Waals surface area contributed by atoms with Gasteiger partial charge in [-0.2, -0.15) is 11.8 Å². The first-order valence-corrected chi connectivity index (χ1v) is 8.96. The fourth-order valence-corrected chi connectivity index (χ4v) is 3.14. The van der Waals surface area contributed by atoms with Gasteiger partial charge in [-0.05, 0) is 43.6 Å². The smallest absolute Gasteiger partial charge is 0.0431 e. The molecule has 1 atom stereocenters. The van der Waals surface area contributed by atoms with Crippen LogP contribution in [0, 0.1) is 5.41 Å². The number of allylic oxidation sites excluding steroid dienone is 4. The summed E-state index contributed by atoms with van der Waals surface area (Å²) in [6, 6.07) is 0. The first-order valence-electron chi connectivity index (χ1n) is 7.81. The molecule has 0 radical (unpaired) electrons. The van der Waals surface area contributed by atoms with Crippen molar-refractivity contribution in [3.8, 4) is 0 Å². The van der Waals surface area contributed by atoms with E-state index in [9.17, 15) is 0 Å². The lowest BCUT2D eigenvalue weighted by atomic mass is 9.85. The van der Waals surface area contributed by atoms with E-state index >= 15 is 0 Å². The summed E-state index contributed by atoms with van der Waals surface area (Å²) in [6.45, 7) is 3.53. The molecular weight excluding hydrogens is 266 g/mol. The zero-order valence-corrected chi connectivity index (χ0v) is 13.6. The molecule has 3 heteroatoms. The van der Waals surface area contributed by atoms with Gasteiger partial charge in [-0.1, -0.05) is 37.6 Å². The van der Waals surface area contributed by atoms with E-state index in [1.54, 1.807) is 0 Å². The minimum atomic E-state index is 0.136. The van der Waals surface area contributed by atoms with E-state index < -0.39 is 0 Å². The summed E-state index contributed by atoms with van der Waals surface area (Å²) < 4.78 is 0. The van der Waals surface area contributed by atoms with Crippen molar-refractivity contribution in [3.63, 3.8) is 0 Å². The second-order valence-corrected chi connectivity index (χ2v) is 6.86. The van der Waals surface area contributed by atoms with Crippen LogP contribution in [0.3, 0.4) is 0 Å². The van der Waals surface area contributed by atoms with Gasteiger partial charge >= 0.3 is 0 Å². The van der Waals surface area contributed by atoms with E-state index in [0.717, 1.165) is 25.8 Å². The Kier molecular flexibility index (Phi) is 9.77. The second-order valence-electron chi connectivity index (χ2n) is 5.64. The molecule has 0 aliphatic heterocycles. The van der Waals surface area contributed by atoms with Crippen LogP contribution in [-0.4, -0.2) is 36.0 Å². The number of aliphatic hydroxyl groups excluding tert-OH is 1. The summed E-state index contributed by atoms with van der Waals surface area (Å²) in [5.74, 6) is 2.44. The third kappa shape index (κ3) is 8.60. The highest BCUT2D eigenvalue weighted by molar-refractivity contribution is 7.99. The average molecular weight is 295 g/mol. The first-order chi connectivity index (χ1) is 9.77. The molecule has 2 nitrogen and oxygen atoms in total. The van der Waals surface area contributed by atoms with Crippen LogP contribution in [0.25, 0.3) is 0 Å². The molecule has 114 valence electrons. The van der Waals surface area contributed by atoms with Gasteiger partial charge < -0.3 is 5.11 Å². The molecular formula is C17H29NOS. The zero-order chi connectivity index (χ0) is 14.5. The van der Waals surface area contributed by atoms with E-state index in [1.807, 2.05) is 11.8 Å². The number of aliphatic imine (C=N–C) groups is 1. The Morgan fingerprint density at radius 1 is 1.15 bits per heavy atom. The van der Waals surface area contributed by atoms with E-state index in [1.165, 1.54) is 30.8 Å². The number of hydrogen-bond donors (Lipinski definition) is 1. The summed E-state index contributed by atoms with van der Waals surface area (Å²) in [5.41, 5.74) is 0.136. The number of unbranched alkanes of at least 4 members (excludes halogenated alkanes) is 3. The van der Waals surface area contributed by atoms with Gasteiger partial charge in [0.2, 0.25) is 0 Å². The van der Waals surface area contributed by atoms with Gasteiger partial charge in [-0.15, -0.1) is 0 Å². The highest BCUT2D eigenvalue weighted by Gasteiger charge is 2.17. The Balaban J connectivity index is 1.92. The normalized spacial score (nSPS) is 21.9. The van der Waals surface area contributed by atoms with Crippen molar-refractivity contribution >= 4 is 18.0 Å². The van der Waals surface area contributed by atoms with Gasteiger partial charge in [-0.3, -0.25) is 4.99 Å². The predicted molar refractivity (Wildman–Crippen MR) is 91.9 cm³/mol. The molecule has 1 aliphatic rings. The Morgan fingerprint density at radius 2 is 1.95 bits per heavy atom. The first kappa shape index (κ1) is 17.5. The van der Waals surface area contributed by atoms with Crippen molar-refractivity contribution in [2.45, 2.75) is 45.4 Å². The second kappa shape index (κ2) is 11.2. The van der Waals surface area contributed by atoms with Crippen LogP contribution in [-0.2, 0) is 0 Å². The van der Waals surface area contributed by atoms with Crippen molar-refractivity contribution in [3.05, 3.63) is 24.3 Å². The fraction of sp³-hybridized carbons (Fsp3) is 0.706.